The van der Waals surface area contributed by atoms with E-state index in [0.717, 1.165) is 11.1 Å². The Bertz CT molecular complexity index is 461. The highest BCUT2D eigenvalue weighted by molar-refractivity contribution is 5.99. The van der Waals surface area contributed by atoms with Crippen LogP contribution >= 0.6 is 0 Å². The van der Waals surface area contributed by atoms with E-state index in [1.165, 1.54) is 0 Å². The van der Waals surface area contributed by atoms with Crippen molar-refractivity contribution in [1.82, 2.24) is 0 Å². The topological polar surface area (TPSA) is 77.8 Å². The monoisotopic (exact) mass is 264 g/mol. The molecular formula is C15H20O4. The number of carbonyl (C=O) groups is 1. The molecule has 0 bridgehead atoms. The van der Waals surface area contributed by atoms with Crippen LogP contribution in [-0.2, 0) is 4.79 Å². The van der Waals surface area contributed by atoms with Gasteiger partial charge in [0, 0.05) is 30.4 Å². The second-order valence-corrected chi connectivity index (χ2v) is 5.41. The average molecular weight is 264 g/mol. The minimum Gasteiger partial charge on any atom is -0.396 e. The van der Waals surface area contributed by atoms with E-state index >= 15 is 0 Å². The van der Waals surface area contributed by atoms with Gasteiger partial charge < -0.3 is 15.3 Å². The smallest absolute Gasteiger partial charge is 0.163 e. The Balaban J connectivity index is 2.31. The van der Waals surface area contributed by atoms with Crippen LogP contribution in [0.2, 0.25) is 0 Å². The molecule has 0 amide bonds. The number of carbonyl (C=O) groups excluding carboxylic acids is 1. The summed E-state index contributed by atoms with van der Waals surface area (Å²) < 4.78 is 0. The van der Waals surface area contributed by atoms with Crippen molar-refractivity contribution in [3.05, 3.63) is 35.5 Å². The standard InChI is InChI=1S/C15H20O4/c1-3-9-5-11(13(17)4-8(9)2)12-6-10(7-16)14(18)15(12)19/h3,5,10,12,14-16,18-19H,1,4,6-7H2,2H3/t10-,12+,14-,15+/m1/s1. The molecule has 19 heavy (non-hydrogen) atoms. The van der Waals surface area contributed by atoms with Gasteiger partial charge in [-0.1, -0.05) is 18.2 Å². The molecule has 1 fully saturated rings. The molecule has 0 aromatic heterocycles. The maximum Gasteiger partial charge on any atom is 0.163 e. The molecule has 0 heterocycles. The molecule has 0 aromatic carbocycles. The van der Waals surface area contributed by atoms with Gasteiger partial charge in [-0.3, -0.25) is 4.79 Å². The second kappa shape index (κ2) is 5.41. The fraction of sp³-hybridized carbons (Fsp3) is 0.533. The number of ketones is 1. The maximum atomic E-state index is 12.1. The molecule has 0 saturated heterocycles. The number of rotatable bonds is 3. The Labute approximate surface area is 112 Å². The molecule has 0 radical (unpaired) electrons. The minimum atomic E-state index is -0.989. The first kappa shape index (κ1) is 14.2. The number of allylic oxidation sites excluding steroid dienone is 4. The summed E-state index contributed by atoms with van der Waals surface area (Å²) in [5.41, 5.74) is 2.42. The molecule has 0 unspecified atom stereocenters. The molecule has 0 aliphatic heterocycles. The summed E-state index contributed by atoms with van der Waals surface area (Å²) in [4.78, 5) is 12.1. The molecule has 4 nitrogen and oxygen atoms in total. The fourth-order valence-electron chi connectivity index (χ4n) is 2.98. The lowest BCUT2D eigenvalue weighted by molar-refractivity contribution is -0.116. The van der Waals surface area contributed by atoms with Crippen LogP contribution in [0.4, 0.5) is 0 Å². The predicted molar refractivity (Wildman–Crippen MR) is 71.3 cm³/mol. The van der Waals surface area contributed by atoms with Crippen molar-refractivity contribution in [2.45, 2.75) is 32.0 Å². The largest absolute Gasteiger partial charge is 0.396 e. The van der Waals surface area contributed by atoms with E-state index < -0.39 is 18.1 Å². The van der Waals surface area contributed by atoms with Crippen molar-refractivity contribution in [2.24, 2.45) is 11.8 Å². The van der Waals surface area contributed by atoms with Gasteiger partial charge in [-0.25, -0.2) is 0 Å². The molecule has 0 aromatic rings. The predicted octanol–water partition coefficient (Wildman–Crippen LogP) is 0.738. The van der Waals surface area contributed by atoms with Gasteiger partial charge in [-0.05, 0) is 25.0 Å². The molecule has 2 aliphatic rings. The molecule has 0 spiro atoms. The Hall–Kier alpha value is -1.23. The van der Waals surface area contributed by atoms with E-state index in [1.54, 1.807) is 12.2 Å². The normalized spacial score (nSPS) is 35.6. The summed E-state index contributed by atoms with van der Waals surface area (Å²) in [5, 5.41) is 29.1. The van der Waals surface area contributed by atoms with E-state index in [0.29, 0.717) is 18.4 Å². The van der Waals surface area contributed by atoms with Crippen LogP contribution in [0.1, 0.15) is 19.8 Å². The number of aliphatic hydroxyl groups is 3. The summed E-state index contributed by atoms with van der Waals surface area (Å²) in [6, 6.07) is 0. The molecule has 3 N–H and O–H groups in total. The minimum absolute atomic E-state index is 0.0158. The van der Waals surface area contributed by atoms with Gasteiger partial charge in [0.05, 0.1) is 12.2 Å². The van der Waals surface area contributed by atoms with Gasteiger partial charge in [0.1, 0.15) is 0 Å². The summed E-state index contributed by atoms with van der Waals surface area (Å²) in [6.45, 7) is 5.43. The summed E-state index contributed by atoms with van der Waals surface area (Å²) >= 11 is 0. The zero-order valence-electron chi connectivity index (χ0n) is 11.0. The maximum absolute atomic E-state index is 12.1. The van der Waals surface area contributed by atoms with Crippen molar-refractivity contribution in [2.75, 3.05) is 6.61 Å². The summed E-state index contributed by atoms with van der Waals surface area (Å²) in [7, 11) is 0. The first-order valence-corrected chi connectivity index (χ1v) is 6.53. The summed E-state index contributed by atoms with van der Waals surface area (Å²) in [5.74, 6) is -0.784. The van der Waals surface area contributed by atoms with Crippen molar-refractivity contribution < 1.29 is 20.1 Å². The Morgan fingerprint density at radius 2 is 2.11 bits per heavy atom. The average Bonchev–Trinajstić information content (AvgIpc) is 2.67. The van der Waals surface area contributed by atoms with Crippen LogP contribution < -0.4 is 0 Å². The van der Waals surface area contributed by atoms with Crippen LogP contribution in [0.25, 0.3) is 0 Å². The lowest BCUT2D eigenvalue weighted by atomic mass is 9.83. The molecule has 104 valence electrons. The number of Topliss-reactive ketones (excluding diaryl/α,β-unsaturated/α-hetero) is 1. The molecule has 2 rings (SSSR count). The van der Waals surface area contributed by atoms with E-state index in [9.17, 15) is 20.1 Å². The lowest BCUT2D eigenvalue weighted by Crippen LogP contribution is -2.31. The van der Waals surface area contributed by atoms with Crippen LogP contribution in [0.3, 0.4) is 0 Å². The first-order chi connectivity index (χ1) is 8.99. The van der Waals surface area contributed by atoms with Crippen LogP contribution in [0.15, 0.2) is 35.5 Å². The number of aliphatic hydroxyl groups excluding tert-OH is 3. The highest BCUT2D eigenvalue weighted by Gasteiger charge is 2.44. The molecular weight excluding hydrogens is 244 g/mol. The van der Waals surface area contributed by atoms with E-state index in [4.69, 9.17) is 0 Å². The van der Waals surface area contributed by atoms with E-state index in [-0.39, 0.29) is 18.3 Å². The van der Waals surface area contributed by atoms with Crippen molar-refractivity contribution in [3.8, 4) is 0 Å². The zero-order chi connectivity index (χ0) is 14.2. The van der Waals surface area contributed by atoms with Crippen LogP contribution in [0.5, 0.6) is 0 Å². The van der Waals surface area contributed by atoms with Gasteiger partial charge in [0.15, 0.2) is 5.78 Å². The van der Waals surface area contributed by atoms with Gasteiger partial charge in [0.25, 0.3) is 0 Å². The zero-order valence-corrected chi connectivity index (χ0v) is 11.0. The second-order valence-electron chi connectivity index (χ2n) is 5.41. The van der Waals surface area contributed by atoms with Crippen molar-refractivity contribution >= 4 is 5.78 Å². The lowest BCUT2D eigenvalue weighted by Gasteiger charge is -2.23. The quantitative estimate of drug-likeness (QED) is 0.702. The van der Waals surface area contributed by atoms with E-state index in [1.807, 2.05) is 6.92 Å². The molecule has 4 atom stereocenters. The first-order valence-electron chi connectivity index (χ1n) is 6.53. The third kappa shape index (κ3) is 2.43. The summed E-state index contributed by atoms with van der Waals surface area (Å²) in [6.07, 6.45) is 2.26. The highest BCUT2D eigenvalue weighted by Crippen LogP contribution is 2.39. The van der Waals surface area contributed by atoms with E-state index in [2.05, 4.69) is 6.58 Å². The Kier molecular flexibility index (Phi) is 4.04. The van der Waals surface area contributed by atoms with Crippen molar-refractivity contribution in [1.29, 1.82) is 0 Å². The van der Waals surface area contributed by atoms with Gasteiger partial charge in [-0.15, -0.1) is 0 Å². The number of hydrogen-bond acceptors (Lipinski definition) is 4. The van der Waals surface area contributed by atoms with Crippen molar-refractivity contribution in [3.63, 3.8) is 0 Å². The van der Waals surface area contributed by atoms with Gasteiger partial charge >= 0.3 is 0 Å². The number of hydrogen-bond donors (Lipinski definition) is 3. The SMILES string of the molecule is C=CC1=C(C)CC(=O)C([C@@H]2C[C@H](CO)[C@@H](O)[C@H]2O)=C1. The fourth-order valence-corrected chi connectivity index (χ4v) is 2.98. The van der Waals surface area contributed by atoms with Gasteiger partial charge in [-0.2, -0.15) is 0 Å². The van der Waals surface area contributed by atoms with Crippen LogP contribution in [-0.4, -0.2) is 39.9 Å². The molecule has 1 saturated carbocycles. The third-order valence-corrected chi connectivity index (χ3v) is 4.21. The van der Waals surface area contributed by atoms with Crippen LogP contribution in [0, 0.1) is 11.8 Å². The molecule has 4 heteroatoms. The Morgan fingerprint density at radius 1 is 1.42 bits per heavy atom. The highest BCUT2D eigenvalue weighted by atomic mass is 16.3. The molecule has 2 aliphatic carbocycles. The Morgan fingerprint density at radius 3 is 2.63 bits per heavy atom. The van der Waals surface area contributed by atoms with Gasteiger partial charge in [0.2, 0.25) is 0 Å². The third-order valence-electron chi connectivity index (χ3n) is 4.21.